The minimum atomic E-state index is -1.07. The van der Waals surface area contributed by atoms with Crippen molar-refractivity contribution in [2.75, 3.05) is 7.11 Å². The van der Waals surface area contributed by atoms with Crippen LogP contribution >= 0.6 is 11.3 Å². The van der Waals surface area contributed by atoms with Crippen molar-refractivity contribution >= 4 is 44.3 Å². The van der Waals surface area contributed by atoms with E-state index in [-0.39, 0.29) is 5.76 Å². The van der Waals surface area contributed by atoms with E-state index in [1.165, 1.54) is 17.4 Å². The Morgan fingerprint density at radius 1 is 0.962 bits per heavy atom. The number of fused-ring (bicyclic) bond motifs is 2. The lowest BCUT2D eigenvalue weighted by molar-refractivity contribution is 0.0662. The third-order valence-electron chi connectivity index (χ3n) is 3.57. The molecule has 0 aliphatic rings. The van der Waals surface area contributed by atoms with Crippen LogP contribution in [0.5, 0.6) is 5.75 Å². The standard InChI is InChI=1S/C10H8O4.C9H6O2S/c1-13-7-2-3-8-6(4-7)5-9(14-8)10(11)12;10-9(11)8-5-6-3-1-2-4-7(6)12-8/h2-5H,1H3,(H,11,12);1-5H,(H,10,11). The van der Waals surface area contributed by atoms with Gasteiger partial charge in [-0.15, -0.1) is 11.3 Å². The number of methoxy groups -OCH3 is 1. The molecule has 0 radical (unpaired) electrons. The number of hydrogen-bond donors (Lipinski definition) is 2. The summed E-state index contributed by atoms with van der Waals surface area (Å²) in [5, 5.41) is 19.1. The quantitative estimate of drug-likeness (QED) is 0.541. The molecule has 6 nitrogen and oxygen atoms in total. The molecule has 2 aromatic heterocycles. The number of thiophene rings is 1. The molecule has 0 aliphatic heterocycles. The lowest BCUT2D eigenvalue weighted by Crippen LogP contribution is -1.91. The molecule has 2 heterocycles. The van der Waals surface area contributed by atoms with Crippen LogP contribution in [-0.2, 0) is 0 Å². The molecule has 0 saturated heterocycles. The lowest BCUT2D eigenvalue weighted by Gasteiger charge is -1.96. The van der Waals surface area contributed by atoms with Crippen LogP contribution in [0.3, 0.4) is 0 Å². The highest BCUT2D eigenvalue weighted by Gasteiger charge is 2.10. The summed E-state index contributed by atoms with van der Waals surface area (Å²) in [4.78, 5) is 21.6. The number of carboxylic acid groups (broad SMARTS) is 2. The minimum Gasteiger partial charge on any atom is -0.497 e. The zero-order valence-corrected chi connectivity index (χ0v) is 14.4. The minimum absolute atomic E-state index is 0.0618. The van der Waals surface area contributed by atoms with E-state index >= 15 is 0 Å². The van der Waals surface area contributed by atoms with Crippen molar-refractivity contribution in [3.63, 3.8) is 0 Å². The van der Waals surface area contributed by atoms with Gasteiger partial charge < -0.3 is 19.4 Å². The number of carboxylic acids is 2. The summed E-state index contributed by atoms with van der Waals surface area (Å²) < 4.78 is 11.1. The van der Waals surface area contributed by atoms with Gasteiger partial charge in [0.05, 0.1) is 7.11 Å². The molecule has 0 bridgehead atoms. The fourth-order valence-corrected chi connectivity index (χ4v) is 3.24. The average molecular weight is 370 g/mol. The second kappa shape index (κ2) is 7.28. The molecule has 0 saturated carbocycles. The maximum Gasteiger partial charge on any atom is 0.371 e. The van der Waals surface area contributed by atoms with Crippen LogP contribution in [0.15, 0.2) is 59.0 Å². The van der Waals surface area contributed by atoms with E-state index in [0.717, 1.165) is 15.5 Å². The Morgan fingerprint density at radius 2 is 1.73 bits per heavy atom. The SMILES string of the molecule is COc1ccc2oc(C(=O)O)cc2c1.O=C(O)c1cc2ccccc2s1. The van der Waals surface area contributed by atoms with Crippen LogP contribution in [0, 0.1) is 0 Å². The number of benzene rings is 2. The second-order valence-electron chi connectivity index (χ2n) is 5.27. The predicted octanol–water partition coefficient (Wildman–Crippen LogP) is 4.74. The van der Waals surface area contributed by atoms with Gasteiger partial charge in [0.1, 0.15) is 16.2 Å². The van der Waals surface area contributed by atoms with Gasteiger partial charge in [-0.2, -0.15) is 0 Å². The highest BCUT2D eigenvalue weighted by Crippen LogP contribution is 2.25. The molecule has 0 aliphatic carbocycles. The highest BCUT2D eigenvalue weighted by atomic mass is 32.1. The summed E-state index contributed by atoms with van der Waals surface area (Å²) in [6.45, 7) is 0. The molecule has 2 aromatic carbocycles. The normalized spacial score (nSPS) is 10.3. The molecular weight excluding hydrogens is 356 g/mol. The van der Waals surface area contributed by atoms with Gasteiger partial charge in [-0.25, -0.2) is 9.59 Å². The highest BCUT2D eigenvalue weighted by molar-refractivity contribution is 7.20. The Labute approximate surface area is 151 Å². The van der Waals surface area contributed by atoms with Crippen LogP contribution < -0.4 is 4.74 Å². The van der Waals surface area contributed by atoms with Crippen LogP contribution in [0.25, 0.3) is 21.1 Å². The number of rotatable bonds is 3. The first kappa shape index (κ1) is 17.5. The maximum atomic E-state index is 10.6. The molecule has 0 spiro atoms. The van der Waals surface area contributed by atoms with Gasteiger partial charge in [-0.05, 0) is 41.8 Å². The van der Waals surface area contributed by atoms with E-state index in [1.807, 2.05) is 24.3 Å². The summed E-state index contributed by atoms with van der Waals surface area (Å²) in [5.41, 5.74) is 0.545. The van der Waals surface area contributed by atoms with Gasteiger partial charge in [0.15, 0.2) is 0 Å². The van der Waals surface area contributed by atoms with Crippen molar-refractivity contribution in [2.24, 2.45) is 0 Å². The topological polar surface area (TPSA) is 97.0 Å². The van der Waals surface area contributed by atoms with Crippen molar-refractivity contribution in [1.29, 1.82) is 0 Å². The predicted molar refractivity (Wildman–Crippen MR) is 98.5 cm³/mol. The van der Waals surface area contributed by atoms with Crippen LogP contribution in [-0.4, -0.2) is 29.3 Å². The zero-order chi connectivity index (χ0) is 18.7. The zero-order valence-electron chi connectivity index (χ0n) is 13.6. The Balaban J connectivity index is 0.000000152. The molecule has 26 heavy (non-hydrogen) atoms. The van der Waals surface area contributed by atoms with Gasteiger partial charge in [0, 0.05) is 10.1 Å². The number of ether oxygens (including phenoxy) is 1. The Hall–Kier alpha value is -3.32. The summed E-state index contributed by atoms with van der Waals surface area (Å²) in [5.74, 6) is -1.31. The van der Waals surface area contributed by atoms with Gasteiger partial charge in [-0.1, -0.05) is 18.2 Å². The lowest BCUT2D eigenvalue weighted by atomic mass is 10.2. The Kier molecular flexibility index (Phi) is 4.90. The van der Waals surface area contributed by atoms with E-state index in [2.05, 4.69) is 0 Å². The van der Waals surface area contributed by atoms with E-state index in [9.17, 15) is 9.59 Å². The van der Waals surface area contributed by atoms with Crippen molar-refractivity contribution in [1.82, 2.24) is 0 Å². The molecule has 7 heteroatoms. The smallest absolute Gasteiger partial charge is 0.371 e. The summed E-state index contributed by atoms with van der Waals surface area (Å²) in [6.07, 6.45) is 0. The molecule has 0 unspecified atom stereocenters. The molecule has 132 valence electrons. The Morgan fingerprint density at radius 3 is 2.38 bits per heavy atom. The van der Waals surface area contributed by atoms with E-state index in [0.29, 0.717) is 16.2 Å². The first-order valence-corrected chi connectivity index (χ1v) is 8.32. The van der Waals surface area contributed by atoms with E-state index in [1.54, 1.807) is 31.4 Å². The third-order valence-corrected chi connectivity index (χ3v) is 4.67. The molecule has 0 fully saturated rings. The Bertz CT molecular complexity index is 1060. The van der Waals surface area contributed by atoms with E-state index in [4.69, 9.17) is 19.4 Å². The molecular formula is C19H14O6S. The van der Waals surface area contributed by atoms with Crippen LogP contribution in [0.1, 0.15) is 20.2 Å². The largest absolute Gasteiger partial charge is 0.497 e. The maximum absolute atomic E-state index is 10.6. The first-order valence-electron chi connectivity index (χ1n) is 7.50. The molecule has 2 N–H and O–H groups in total. The summed E-state index contributed by atoms with van der Waals surface area (Å²) >= 11 is 1.31. The fraction of sp³-hybridized carbons (Fsp3) is 0.0526. The first-order chi connectivity index (χ1) is 12.5. The molecule has 4 aromatic rings. The number of hydrogen-bond acceptors (Lipinski definition) is 5. The fourth-order valence-electron chi connectivity index (χ4n) is 2.34. The van der Waals surface area contributed by atoms with Gasteiger partial charge in [0.25, 0.3) is 0 Å². The number of furan rings is 1. The number of aromatic carboxylic acids is 2. The van der Waals surface area contributed by atoms with Gasteiger partial charge >= 0.3 is 11.9 Å². The van der Waals surface area contributed by atoms with E-state index < -0.39 is 11.9 Å². The van der Waals surface area contributed by atoms with Gasteiger partial charge in [0.2, 0.25) is 5.76 Å². The monoisotopic (exact) mass is 370 g/mol. The average Bonchev–Trinajstić information content (AvgIpc) is 3.25. The molecule has 0 amide bonds. The van der Waals surface area contributed by atoms with Gasteiger partial charge in [-0.3, -0.25) is 0 Å². The summed E-state index contributed by atoms with van der Waals surface area (Å²) in [6, 6.07) is 15.9. The molecule has 4 rings (SSSR count). The van der Waals surface area contributed by atoms with Crippen LogP contribution in [0.4, 0.5) is 0 Å². The van der Waals surface area contributed by atoms with Crippen molar-refractivity contribution in [3.8, 4) is 5.75 Å². The van der Waals surface area contributed by atoms with Crippen molar-refractivity contribution in [3.05, 3.63) is 65.2 Å². The van der Waals surface area contributed by atoms with Crippen molar-refractivity contribution in [2.45, 2.75) is 0 Å². The second-order valence-corrected chi connectivity index (χ2v) is 6.36. The van der Waals surface area contributed by atoms with Crippen LogP contribution in [0.2, 0.25) is 0 Å². The summed E-state index contributed by atoms with van der Waals surface area (Å²) in [7, 11) is 1.55. The third kappa shape index (κ3) is 3.68. The molecule has 0 atom stereocenters. The van der Waals surface area contributed by atoms with Crippen molar-refractivity contribution < 1.29 is 29.0 Å². The number of carbonyl (C=O) groups is 2.